The van der Waals surface area contributed by atoms with Gasteiger partial charge in [0.2, 0.25) is 11.8 Å². The number of anilines is 1. The molecule has 60 heavy (non-hydrogen) atoms. The predicted octanol–water partition coefficient (Wildman–Crippen LogP) is 1.52. The summed E-state index contributed by atoms with van der Waals surface area (Å²) in [5.41, 5.74) is 4.26. The molecule has 3 rings (SSSR count). The van der Waals surface area contributed by atoms with Crippen molar-refractivity contribution in [3.05, 3.63) is 49.1 Å². The molecule has 336 valence electrons. The summed E-state index contributed by atoms with van der Waals surface area (Å²) in [4.78, 5) is 87.8. The van der Waals surface area contributed by atoms with Crippen LogP contribution < -0.4 is 16.4 Å². The molecule has 24 nitrogen and oxygen atoms in total. The first-order valence-corrected chi connectivity index (χ1v) is 23.6. The summed E-state index contributed by atoms with van der Waals surface area (Å²) in [6, 6.07) is 0. The standard InChI is InChI=1S/C32H50N7O17P3S/c1-4-5-6-7-8-9-10-11-12-23(41)60-16-15-34-22(40)13-14-35-30(44)27(43)32(2,3)18-53-59(50,51)56-58(48,49)52-17-21-26(55-57(45,46)47)25(42)31(54-21)39-20-38-24-28(33)36-19-37-29(24)39/h6-11,19-21,25-27,31,42-43H,4-5,12-18H2,1-3H3,(H,34,40)(H,35,44)(H,48,49)(H,50,51)(H2,33,36,37)(H2,45,46,47)/b7-6+,9-8+,11-10+. The minimum absolute atomic E-state index is 0.0293. The molecule has 3 heterocycles. The Labute approximate surface area is 348 Å². The largest absolute Gasteiger partial charge is 0.481 e. The van der Waals surface area contributed by atoms with Crippen molar-refractivity contribution in [2.75, 3.05) is 37.8 Å². The van der Waals surface area contributed by atoms with Crippen LogP contribution in [0.4, 0.5) is 5.82 Å². The Morgan fingerprint density at radius 3 is 2.38 bits per heavy atom. The smallest absolute Gasteiger partial charge is 0.386 e. The highest BCUT2D eigenvalue weighted by molar-refractivity contribution is 8.13. The van der Waals surface area contributed by atoms with E-state index in [4.69, 9.17) is 19.5 Å². The molecule has 1 aliphatic heterocycles. The summed E-state index contributed by atoms with van der Waals surface area (Å²) in [7, 11) is -16.4. The van der Waals surface area contributed by atoms with Gasteiger partial charge in [0.15, 0.2) is 22.8 Å². The Morgan fingerprint density at radius 2 is 1.70 bits per heavy atom. The van der Waals surface area contributed by atoms with Crippen LogP contribution in [0.1, 0.15) is 52.7 Å². The number of thioether (sulfide) groups is 1. The van der Waals surface area contributed by atoms with Gasteiger partial charge in [-0.1, -0.05) is 75.4 Å². The number of phosphoric acid groups is 3. The first-order chi connectivity index (χ1) is 28.1. The molecule has 1 fully saturated rings. The van der Waals surface area contributed by atoms with E-state index in [9.17, 15) is 57.9 Å². The van der Waals surface area contributed by atoms with E-state index in [1.807, 2.05) is 24.3 Å². The van der Waals surface area contributed by atoms with Crippen molar-refractivity contribution in [2.24, 2.45) is 5.41 Å². The number of allylic oxidation sites excluding steroid dienone is 6. The Kier molecular flexibility index (Phi) is 19.8. The van der Waals surface area contributed by atoms with Crippen LogP contribution in [-0.2, 0) is 50.7 Å². The van der Waals surface area contributed by atoms with Crippen molar-refractivity contribution in [1.29, 1.82) is 0 Å². The number of aliphatic hydroxyl groups excluding tert-OH is 2. The maximum atomic E-state index is 12.7. The number of amides is 2. The van der Waals surface area contributed by atoms with Gasteiger partial charge in [-0.25, -0.2) is 28.6 Å². The number of rotatable bonds is 25. The molecular formula is C32H50N7O17P3S. The fourth-order valence-corrected chi connectivity index (χ4v) is 8.54. The van der Waals surface area contributed by atoms with E-state index < -0.39 is 84.6 Å². The summed E-state index contributed by atoms with van der Waals surface area (Å²) in [5, 5.41) is 26.4. The molecule has 1 aliphatic rings. The van der Waals surface area contributed by atoms with Gasteiger partial charge in [-0.05, 0) is 6.42 Å². The summed E-state index contributed by atoms with van der Waals surface area (Å²) < 4.78 is 62.2. The molecule has 2 amide bonds. The fraction of sp³-hybridized carbons (Fsp3) is 0.562. The lowest BCUT2D eigenvalue weighted by Gasteiger charge is -2.30. The average Bonchev–Trinajstić information content (AvgIpc) is 3.72. The van der Waals surface area contributed by atoms with Crippen LogP contribution in [0.15, 0.2) is 49.1 Å². The van der Waals surface area contributed by atoms with Crippen LogP contribution in [0, 0.1) is 5.41 Å². The van der Waals surface area contributed by atoms with Gasteiger partial charge in [-0.3, -0.25) is 32.5 Å². The van der Waals surface area contributed by atoms with E-state index >= 15 is 0 Å². The number of nitrogens with one attached hydrogen (secondary N) is 2. The van der Waals surface area contributed by atoms with Crippen molar-refractivity contribution in [2.45, 2.75) is 77.1 Å². The lowest BCUT2D eigenvalue weighted by molar-refractivity contribution is -0.137. The second-order valence-corrected chi connectivity index (χ2v) is 18.9. The number of nitrogen functional groups attached to an aromatic ring is 1. The zero-order valence-corrected chi connectivity index (χ0v) is 36.2. The van der Waals surface area contributed by atoms with Crippen LogP contribution >= 0.6 is 35.2 Å². The zero-order chi connectivity index (χ0) is 44.7. The van der Waals surface area contributed by atoms with E-state index in [0.717, 1.165) is 41.8 Å². The van der Waals surface area contributed by atoms with Gasteiger partial charge in [0, 0.05) is 37.1 Å². The van der Waals surface area contributed by atoms with Crippen LogP contribution in [-0.4, -0.2) is 123 Å². The van der Waals surface area contributed by atoms with Crippen LogP contribution in [0.25, 0.3) is 11.2 Å². The fourth-order valence-electron chi connectivity index (χ4n) is 5.07. The quantitative estimate of drug-likeness (QED) is 0.0387. The molecule has 2 aromatic rings. The van der Waals surface area contributed by atoms with Gasteiger partial charge in [0.05, 0.1) is 19.5 Å². The molecule has 0 bridgehead atoms. The highest BCUT2D eigenvalue weighted by Crippen LogP contribution is 2.61. The highest BCUT2D eigenvalue weighted by Gasteiger charge is 2.50. The number of fused-ring (bicyclic) bond motifs is 1. The third-order valence-corrected chi connectivity index (χ3v) is 12.1. The maximum absolute atomic E-state index is 12.7. The molecule has 28 heteroatoms. The number of hydrogen-bond donors (Lipinski definition) is 9. The molecule has 0 radical (unpaired) electrons. The number of carbonyl (C=O) groups excluding carboxylic acids is 3. The van der Waals surface area contributed by atoms with Crippen molar-refractivity contribution < 1.29 is 80.5 Å². The minimum Gasteiger partial charge on any atom is -0.386 e. The van der Waals surface area contributed by atoms with Gasteiger partial charge in [0.25, 0.3) is 0 Å². The van der Waals surface area contributed by atoms with Gasteiger partial charge < -0.3 is 50.9 Å². The van der Waals surface area contributed by atoms with Gasteiger partial charge in [-0.15, -0.1) is 0 Å². The van der Waals surface area contributed by atoms with E-state index in [0.29, 0.717) is 5.75 Å². The number of carbonyl (C=O) groups is 3. The molecule has 7 unspecified atom stereocenters. The number of phosphoric ester groups is 3. The van der Waals surface area contributed by atoms with E-state index in [1.165, 1.54) is 13.8 Å². The van der Waals surface area contributed by atoms with Crippen molar-refractivity contribution >= 4 is 69.1 Å². The van der Waals surface area contributed by atoms with Gasteiger partial charge in [0.1, 0.15) is 36.3 Å². The Hall–Kier alpha value is -3.22. The van der Waals surface area contributed by atoms with Crippen LogP contribution in [0.5, 0.6) is 0 Å². The normalized spacial score (nSPS) is 21.4. The maximum Gasteiger partial charge on any atom is 0.481 e. The molecule has 1 saturated heterocycles. The molecule has 0 aromatic carbocycles. The summed E-state index contributed by atoms with van der Waals surface area (Å²) >= 11 is 1.06. The van der Waals surface area contributed by atoms with E-state index in [1.54, 1.807) is 12.2 Å². The molecule has 0 aliphatic carbocycles. The third kappa shape index (κ3) is 16.9. The average molecular weight is 930 g/mol. The Bertz CT molecular complexity index is 2010. The second kappa shape index (κ2) is 23.3. The summed E-state index contributed by atoms with van der Waals surface area (Å²) in [6.45, 7) is 2.55. The molecule has 0 saturated carbocycles. The Balaban J connectivity index is 1.43. The van der Waals surface area contributed by atoms with Crippen molar-refractivity contribution in [1.82, 2.24) is 30.2 Å². The van der Waals surface area contributed by atoms with E-state index in [-0.39, 0.29) is 48.0 Å². The van der Waals surface area contributed by atoms with Gasteiger partial charge in [-0.2, -0.15) is 4.31 Å². The molecule has 2 aromatic heterocycles. The minimum atomic E-state index is -5.58. The number of aromatic nitrogens is 4. The number of aliphatic hydroxyl groups is 2. The highest BCUT2D eigenvalue weighted by atomic mass is 32.2. The van der Waals surface area contributed by atoms with E-state index in [2.05, 4.69) is 41.3 Å². The summed E-state index contributed by atoms with van der Waals surface area (Å²) in [5.74, 6) is -1.14. The number of ether oxygens (including phenoxy) is 1. The predicted molar refractivity (Wildman–Crippen MR) is 214 cm³/mol. The molecule has 10 N–H and O–H groups in total. The molecule has 0 spiro atoms. The first-order valence-electron chi connectivity index (χ1n) is 18.1. The zero-order valence-electron chi connectivity index (χ0n) is 32.7. The van der Waals surface area contributed by atoms with Crippen molar-refractivity contribution in [3.8, 4) is 0 Å². The number of unbranched alkanes of at least 4 members (excludes halogenated alkanes) is 1. The molecule has 7 atom stereocenters. The van der Waals surface area contributed by atoms with Crippen LogP contribution in [0.3, 0.4) is 0 Å². The Morgan fingerprint density at radius 1 is 1.02 bits per heavy atom. The van der Waals surface area contributed by atoms with Crippen LogP contribution in [0.2, 0.25) is 0 Å². The van der Waals surface area contributed by atoms with Crippen molar-refractivity contribution in [3.63, 3.8) is 0 Å². The first kappa shape index (κ1) is 51.1. The lowest BCUT2D eigenvalue weighted by atomic mass is 9.87. The SMILES string of the molecule is CCC/C=C/C=C/C=C/CC(=O)SCCNC(=O)CCNC(=O)C(O)C(C)(C)COP(=O)(O)OP(=O)(O)OCC1OC(n2cnc3c(N)ncnc32)C(O)C1OP(=O)(O)O. The topological polar surface area (TPSA) is 364 Å². The number of nitrogens with two attached hydrogens (primary N) is 1. The number of imidazole rings is 1. The second-order valence-electron chi connectivity index (χ2n) is 13.5. The number of hydrogen-bond acceptors (Lipinski definition) is 18. The number of nitrogens with zero attached hydrogens (tertiary/aromatic N) is 4. The third-order valence-electron chi connectivity index (χ3n) is 8.11. The molecular weight excluding hydrogens is 879 g/mol. The lowest BCUT2D eigenvalue weighted by Crippen LogP contribution is -2.46. The van der Waals surface area contributed by atoms with Gasteiger partial charge >= 0.3 is 23.5 Å². The monoisotopic (exact) mass is 929 g/mol. The summed E-state index contributed by atoms with van der Waals surface area (Å²) in [6.07, 6.45) is 6.53.